The number of morpholine rings is 1. The number of rotatable bonds is 6. The molecule has 0 N–H and O–H groups in total. The van der Waals surface area contributed by atoms with Crippen LogP contribution in [0.4, 0.5) is 5.13 Å². The molecule has 38 heavy (non-hydrogen) atoms. The van der Waals surface area contributed by atoms with Crippen LogP contribution in [0.25, 0.3) is 32.0 Å². The molecule has 0 spiro atoms. The van der Waals surface area contributed by atoms with Crippen LogP contribution in [-0.4, -0.2) is 55.2 Å². The number of carbonyl (C=O) groups excluding carboxylic acids is 1. The molecular weight excluding hydrogens is 498 g/mol. The zero-order valence-corrected chi connectivity index (χ0v) is 22.3. The summed E-state index contributed by atoms with van der Waals surface area (Å²) in [6, 6.07) is 17.4. The molecule has 0 unspecified atom stereocenters. The van der Waals surface area contributed by atoms with Gasteiger partial charge in [0, 0.05) is 31.6 Å². The Morgan fingerprint density at radius 2 is 1.82 bits per heavy atom. The molecule has 0 saturated carbocycles. The molecule has 5 aromatic rings. The van der Waals surface area contributed by atoms with Crippen LogP contribution < -0.4 is 10.5 Å². The first-order valence-corrected chi connectivity index (χ1v) is 13.8. The fourth-order valence-corrected chi connectivity index (χ4v) is 6.23. The van der Waals surface area contributed by atoms with Gasteiger partial charge in [-0.1, -0.05) is 53.8 Å². The summed E-state index contributed by atoms with van der Waals surface area (Å²) < 4.78 is 12.2. The van der Waals surface area contributed by atoms with Gasteiger partial charge in [-0.3, -0.25) is 14.6 Å². The van der Waals surface area contributed by atoms with Crippen LogP contribution in [0.1, 0.15) is 27.9 Å². The summed E-state index contributed by atoms with van der Waals surface area (Å²) in [5.41, 5.74) is 2.93. The molecule has 6 rings (SSSR count). The van der Waals surface area contributed by atoms with Crippen LogP contribution in [-0.2, 0) is 4.74 Å². The van der Waals surface area contributed by atoms with Gasteiger partial charge < -0.3 is 9.15 Å². The summed E-state index contributed by atoms with van der Waals surface area (Å²) in [6.07, 6.45) is 0.751. The fourth-order valence-electron chi connectivity index (χ4n) is 5.09. The molecule has 1 aliphatic heterocycles. The summed E-state index contributed by atoms with van der Waals surface area (Å²) >= 11 is 1.49. The van der Waals surface area contributed by atoms with Gasteiger partial charge in [0.15, 0.2) is 5.13 Å². The predicted molar refractivity (Wildman–Crippen MR) is 153 cm³/mol. The van der Waals surface area contributed by atoms with Gasteiger partial charge in [0.25, 0.3) is 5.91 Å². The third-order valence-electron chi connectivity index (χ3n) is 7.24. The van der Waals surface area contributed by atoms with Gasteiger partial charge >= 0.3 is 5.63 Å². The van der Waals surface area contributed by atoms with Crippen molar-refractivity contribution in [3.63, 3.8) is 0 Å². The highest BCUT2D eigenvalue weighted by molar-refractivity contribution is 7.22. The van der Waals surface area contributed by atoms with Gasteiger partial charge in [0.05, 0.1) is 23.4 Å². The summed E-state index contributed by atoms with van der Waals surface area (Å²) in [6.45, 7) is 8.59. The topological polar surface area (TPSA) is 75.9 Å². The van der Waals surface area contributed by atoms with Crippen LogP contribution in [0.2, 0.25) is 0 Å². The van der Waals surface area contributed by atoms with Crippen molar-refractivity contribution >= 4 is 54.3 Å². The SMILES string of the molecule is Cc1ccc(C)c2sc(N(CCCN3CCOCC3)C(=O)c3cc4c(ccc5ccccc54)oc3=O)nc12. The van der Waals surface area contributed by atoms with E-state index in [0.29, 0.717) is 17.3 Å². The number of aromatic nitrogens is 1. The maximum absolute atomic E-state index is 14.1. The van der Waals surface area contributed by atoms with Crippen LogP contribution in [0, 0.1) is 13.8 Å². The van der Waals surface area contributed by atoms with Gasteiger partial charge in [-0.05, 0) is 54.3 Å². The first kappa shape index (κ1) is 24.7. The molecule has 1 amide bonds. The van der Waals surface area contributed by atoms with Crippen LogP contribution in [0.15, 0.2) is 63.8 Å². The number of ether oxygens (including phenoxy) is 1. The highest BCUT2D eigenvalue weighted by atomic mass is 32.1. The largest absolute Gasteiger partial charge is 0.422 e. The number of aryl methyl sites for hydroxylation is 2. The molecule has 1 fully saturated rings. The quantitative estimate of drug-likeness (QED) is 0.213. The Morgan fingerprint density at radius 3 is 2.63 bits per heavy atom. The van der Waals surface area contributed by atoms with Crippen molar-refractivity contribution in [2.24, 2.45) is 0 Å². The minimum atomic E-state index is -0.635. The summed E-state index contributed by atoms with van der Waals surface area (Å²) in [5, 5.41) is 3.30. The number of hydrogen-bond donors (Lipinski definition) is 0. The lowest BCUT2D eigenvalue weighted by molar-refractivity contribution is 0.0376. The third kappa shape index (κ3) is 4.60. The Hall–Kier alpha value is -3.59. The van der Waals surface area contributed by atoms with Crippen molar-refractivity contribution in [3.8, 4) is 0 Å². The lowest BCUT2D eigenvalue weighted by atomic mass is 10.0. The Morgan fingerprint density at radius 1 is 1.03 bits per heavy atom. The molecule has 1 saturated heterocycles. The van der Waals surface area contributed by atoms with E-state index in [1.807, 2.05) is 37.3 Å². The molecule has 8 heteroatoms. The number of fused-ring (bicyclic) bond motifs is 4. The van der Waals surface area contributed by atoms with Crippen molar-refractivity contribution < 1.29 is 13.9 Å². The number of benzene rings is 3. The number of hydrogen-bond acceptors (Lipinski definition) is 7. The molecule has 0 bridgehead atoms. The van der Waals surface area contributed by atoms with Crippen LogP contribution in [0.5, 0.6) is 0 Å². The second kappa shape index (κ2) is 10.3. The zero-order chi connectivity index (χ0) is 26.2. The number of anilines is 1. The summed E-state index contributed by atoms with van der Waals surface area (Å²) in [5.74, 6) is -0.384. The second-order valence-corrected chi connectivity index (χ2v) is 10.8. The minimum Gasteiger partial charge on any atom is -0.422 e. The van der Waals surface area contributed by atoms with Crippen molar-refractivity contribution in [2.75, 3.05) is 44.3 Å². The molecule has 0 radical (unpaired) electrons. The third-order valence-corrected chi connectivity index (χ3v) is 8.45. The Labute approximate surface area is 224 Å². The van der Waals surface area contributed by atoms with E-state index in [-0.39, 0.29) is 11.5 Å². The van der Waals surface area contributed by atoms with E-state index >= 15 is 0 Å². The highest BCUT2D eigenvalue weighted by Crippen LogP contribution is 2.34. The molecule has 0 aliphatic carbocycles. The molecule has 3 aromatic carbocycles. The van der Waals surface area contributed by atoms with Crippen molar-refractivity contribution in [3.05, 3.63) is 81.7 Å². The van der Waals surface area contributed by atoms with E-state index in [9.17, 15) is 9.59 Å². The highest BCUT2D eigenvalue weighted by Gasteiger charge is 2.26. The molecule has 3 heterocycles. The zero-order valence-electron chi connectivity index (χ0n) is 21.5. The average Bonchev–Trinajstić information content (AvgIpc) is 3.39. The maximum atomic E-state index is 14.1. The lowest BCUT2D eigenvalue weighted by Crippen LogP contribution is -2.40. The van der Waals surface area contributed by atoms with Gasteiger partial charge in [0.1, 0.15) is 11.1 Å². The molecule has 194 valence electrons. The van der Waals surface area contributed by atoms with E-state index in [2.05, 4.69) is 24.0 Å². The minimum absolute atomic E-state index is 0.0212. The number of nitrogens with zero attached hydrogens (tertiary/aromatic N) is 3. The number of carbonyl (C=O) groups is 1. The van der Waals surface area contributed by atoms with E-state index < -0.39 is 5.63 Å². The lowest BCUT2D eigenvalue weighted by Gasteiger charge is -2.27. The predicted octanol–water partition coefficient (Wildman–Crippen LogP) is 5.54. The Bertz CT molecular complexity index is 1680. The van der Waals surface area contributed by atoms with E-state index in [1.165, 1.54) is 11.3 Å². The van der Waals surface area contributed by atoms with Crippen LogP contribution in [0.3, 0.4) is 0 Å². The first-order valence-electron chi connectivity index (χ1n) is 12.9. The number of amides is 1. The summed E-state index contributed by atoms with van der Waals surface area (Å²) in [4.78, 5) is 36.1. The molecule has 1 aliphatic rings. The van der Waals surface area contributed by atoms with Crippen molar-refractivity contribution in [1.29, 1.82) is 0 Å². The van der Waals surface area contributed by atoms with E-state index in [1.54, 1.807) is 17.0 Å². The smallest absolute Gasteiger partial charge is 0.349 e. The van der Waals surface area contributed by atoms with Crippen molar-refractivity contribution in [1.82, 2.24) is 9.88 Å². The average molecular weight is 528 g/mol. The Kier molecular flexibility index (Phi) is 6.69. The van der Waals surface area contributed by atoms with Gasteiger partial charge in [0.2, 0.25) is 0 Å². The molecule has 2 aromatic heterocycles. The van der Waals surface area contributed by atoms with E-state index in [0.717, 1.165) is 76.8 Å². The second-order valence-electron chi connectivity index (χ2n) is 9.78. The standard InChI is InChI=1S/C30H29N3O4S/c1-19-8-9-20(2)27-26(19)31-30(38-27)33(13-5-12-32-14-16-36-17-15-32)28(34)24-18-23-22-7-4-3-6-21(22)10-11-25(23)37-29(24)35/h3-4,6-11,18H,5,12-17H2,1-2H3. The van der Waals surface area contributed by atoms with Gasteiger partial charge in [-0.25, -0.2) is 9.78 Å². The van der Waals surface area contributed by atoms with Gasteiger partial charge in [-0.2, -0.15) is 0 Å². The fraction of sp³-hybridized carbons (Fsp3) is 0.300. The van der Waals surface area contributed by atoms with Crippen molar-refractivity contribution in [2.45, 2.75) is 20.3 Å². The monoisotopic (exact) mass is 527 g/mol. The molecule has 7 nitrogen and oxygen atoms in total. The van der Waals surface area contributed by atoms with Crippen LogP contribution >= 0.6 is 11.3 Å². The maximum Gasteiger partial charge on any atom is 0.349 e. The first-order chi connectivity index (χ1) is 18.5. The number of thiazole rings is 1. The van der Waals surface area contributed by atoms with E-state index in [4.69, 9.17) is 14.1 Å². The summed E-state index contributed by atoms with van der Waals surface area (Å²) in [7, 11) is 0. The van der Waals surface area contributed by atoms with Gasteiger partial charge in [-0.15, -0.1) is 0 Å². The molecular formula is C30H29N3O4S. The molecule has 0 atom stereocenters. The normalized spacial score (nSPS) is 14.5. The Balaban J connectivity index is 1.41.